The van der Waals surface area contributed by atoms with Crippen molar-refractivity contribution in [2.45, 2.75) is 30.6 Å². The maximum Gasteiger partial charge on any atom is 0.169 e. The number of H-pyrrole nitrogens is 1. The Morgan fingerprint density at radius 1 is 1.48 bits per heavy atom. The van der Waals surface area contributed by atoms with Gasteiger partial charge in [0.2, 0.25) is 0 Å². The average molecular weight is 414 g/mol. The van der Waals surface area contributed by atoms with Crippen LogP contribution in [0.2, 0.25) is 0 Å². The summed E-state index contributed by atoms with van der Waals surface area (Å²) in [4.78, 5) is 7.09. The van der Waals surface area contributed by atoms with Gasteiger partial charge in [-0.05, 0) is 31.4 Å². The van der Waals surface area contributed by atoms with Crippen LogP contribution in [0, 0.1) is 5.41 Å². The molecule has 5 rings (SSSR count). The highest BCUT2D eigenvalue weighted by Crippen LogP contribution is 2.54. The minimum atomic E-state index is -1.43. The van der Waals surface area contributed by atoms with Crippen molar-refractivity contribution in [1.82, 2.24) is 25.0 Å². The minimum absolute atomic E-state index is 0.158. The molecule has 0 amide bonds. The predicted octanol–water partition coefficient (Wildman–Crippen LogP) is 1.30. The number of ether oxygens (including phenoxy) is 1. The van der Waals surface area contributed by atoms with E-state index in [0.29, 0.717) is 42.4 Å². The van der Waals surface area contributed by atoms with Gasteiger partial charge in [-0.3, -0.25) is 14.7 Å². The molecule has 1 saturated carbocycles. The molecule has 10 nitrogen and oxygen atoms in total. The molecule has 0 aromatic carbocycles. The number of aromatic nitrogens is 5. The van der Waals surface area contributed by atoms with Gasteiger partial charge in [-0.25, -0.2) is 4.98 Å². The monoisotopic (exact) mass is 414 g/mol. The summed E-state index contributed by atoms with van der Waals surface area (Å²) in [6.45, 7) is 4.05. The molecule has 1 aliphatic heterocycles. The van der Waals surface area contributed by atoms with E-state index in [9.17, 15) is 4.21 Å². The highest BCUT2D eigenvalue weighted by atomic mass is 32.2. The lowest BCUT2D eigenvalue weighted by Gasteiger charge is -2.34. The zero-order valence-electron chi connectivity index (χ0n) is 16.0. The smallest absolute Gasteiger partial charge is 0.169 e. The number of nitrogen functional groups attached to an aromatic ring is 1. The number of hydrogen-bond acceptors (Lipinski definition) is 8. The van der Waals surface area contributed by atoms with E-state index in [-0.39, 0.29) is 6.04 Å². The third-order valence-electron chi connectivity index (χ3n) is 5.71. The summed E-state index contributed by atoms with van der Waals surface area (Å²) in [5, 5.41) is 19.7. The molecule has 1 saturated heterocycles. The topological polar surface area (TPSA) is 139 Å². The van der Waals surface area contributed by atoms with Crippen molar-refractivity contribution in [3.05, 3.63) is 23.9 Å². The fraction of sp³-hybridized carbons (Fsp3) is 0.444. The van der Waals surface area contributed by atoms with Crippen LogP contribution in [0.5, 0.6) is 0 Å². The van der Waals surface area contributed by atoms with Gasteiger partial charge < -0.3 is 15.4 Å². The van der Waals surface area contributed by atoms with Crippen molar-refractivity contribution in [2.24, 2.45) is 0 Å². The van der Waals surface area contributed by atoms with E-state index in [1.54, 1.807) is 16.9 Å². The lowest BCUT2D eigenvalue weighted by molar-refractivity contribution is 0.0985. The number of nitrogens with one attached hydrogen (secondary N) is 2. The summed E-state index contributed by atoms with van der Waals surface area (Å²) < 4.78 is 19.4. The van der Waals surface area contributed by atoms with Gasteiger partial charge in [0.25, 0.3) is 0 Å². The minimum Gasteiger partial charge on any atom is -0.382 e. The third kappa shape index (κ3) is 2.76. The Morgan fingerprint density at radius 3 is 2.97 bits per heavy atom. The van der Waals surface area contributed by atoms with Gasteiger partial charge in [-0.15, -0.1) is 5.10 Å². The van der Waals surface area contributed by atoms with Crippen LogP contribution >= 0.6 is 0 Å². The number of anilines is 2. The molecular weight excluding hydrogens is 392 g/mol. The Balaban J connectivity index is 1.78. The molecular formula is C18H22N8O2S. The van der Waals surface area contributed by atoms with Crippen molar-refractivity contribution in [1.29, 1.82) is 5.41 Å². The third-order valence-corrected chi connectivity index (χ3v) is 7.33. The standard InChI is InChI=1S/C18H22N8O2S/c1-11-9-28-7-6-25(11)14-8-12(18(3-4-18)29(27)10-19)15-16(20)24-26(17(15)22-14)13-2-5-21-23-13/h2,5,8,10-11,19H,3-4,6-7,9H2,1H3,(H2,20,24)(H,21,23). The van der Waals surface area contributed by atoms with Gasteiger partial charge in [0.15, 0.2) is 17.3 Å². The number of aromatic amines is 1. The molecule has 11 heteroatoms. The van der Waals surface area contributed by atoms with Gasteiger partial charge in [-0.2, -0.15) is 9.78 Å². The van der Waals surface area contributed by atoms with Crippen LogP contribution in [0.1, 0.15) is 25.3 Å². The number of hydrogen-bond donors (Lipinski definition) is 3. The second-order valence-corrected chi connectivity index (χ2v) is 9.10. The number of rotatable bonds is 5. The van der Waals surface area contributed by atoms with Crippen molar-refractivity contribution in [3.8, 4) is 5.82 Å². The van der Waals surface area contributed by atoms with Crippen molar-refractivity contribution in [3.63, 3.8) is 0 Å². The second kappa shape index (κ2) is 6.63. The summed E-state index contributed by atoms with van der Waals surface area (Å²) in [5.41, 5.74) is 8.77. The first kappa shape index (κ1) is 18.3. The molecule has 152 valence electrons. The van der Waals surface area contributed by atoms with Gasteiger partial charge >= 0.3 is 0 Å². The number of nitrogens with zero attached hydrogens (tertiary/aromatic N) is 5. The summed E-state index contributed by atoms with van der Waals surface area (Å²) in [5.74, 6) is 1.75. The van der Waals surface area contributed by atoms with E-state index >= 15 is 0 Å². The molecule has 0 spiro atoms. The van der Waals surface area contributed by atoms with Crippen molar-refractivity contribution in [2.75, 3.05) is 30.4 Å². The lowest BCUT2D eigenvalue weighted by Crippen LogP contribution is -2.44. The van der Waals surface area contributed by atoms with Crippen LogP contribution in [0.25, 0.3) is 16.9 Å². The molecule has 3 aromatic rings. The Morgan fingerprint density at radius 2 is 2.31 bits per heavy atom. The molecule has 4 heterocycles. The number of fused-ring (bicyclic) bond motifs is 1. The van der Waals surface area contributed by atoms with Crippen LogP contribution in [-0.4, -0.2) is 60.5 Å². The molecule has 29 heavy (non-hydrogen) atoms. The summed E-state index contributed by atoms with van der Waals surface area (Å²) >= 11 is 0. The first-order valence-electron chi connectivity index (χ1n) is 9.50. The lowest BCUT2D eigenvalue weighted by atomic mass is 10.1. The highest BCUT2D eigenvalue weighted by Gasteiger charge is 2.51. The van der Waals surface area contributed by atoms with Crippen LogP contribution < -0.4 is 10.6 Å². The highest BCUT2D eigenvalue weighted by molar-refractivity contribution is 7.99. The predicted molar refractivity (Wildman–Crippen MR) is 111 cm³/mol. The zero-order valence-corrected chi connectivity index (χ0v) is 16.8. The zero-order chi connectivity index (χ0) is 20.2. The molecule has 3 aromatic heterocycles. The maximum absolute atomic E-state index is 12.8. The molecule has 4 N–H and O–H groups in total. The molecule has 0 radical (unpaired) electrons. The van der Waals surface area contributed by atoms with Crippen LogP contribution in [0.4, 0.5) is 11.6 Å². The molecule has 1 aliphatic carbocycles. The van der Waals surface area contributed by atoms with E-state index in [2.05, 4.69) is 27.1 Å². The van der Waals surface area contributed by atoms with Crippen LogP contribution in [-0.2, 0) is 20.3 Å². The maximum atomic E-state index is 12.8. The van der Waals surface area contributed by atoms with Gasteiger partial charge in [0.05, 0.1) is 51.9 Å². The molecule has 2 fully saturated rings. The molecule has 2 atom stereocenters. The van der Waals surface area contributed by atoms with E-state index < -0.39 is 15.5 Å². The van der Waals surface area contributed by atoms with Crippen molar-refractivity contribution < 1.29 is 8.95 Å². The second-order valence-electron chi connectivity index (χ2n) is 7.49. The van der Waals surface area contributed by atoms with Gasteiger partial charge in [0, 0.05) is 12.6 Å². The summed E-state index contributed by atoms with van der Waals surface area (Å²) in [6, 6.07) is 3.93. The number of pyridine rings is 1. The van der Waals surface area contributed by atoms with Crippen molar-refractivity contribution >= 4 is 39.0 Å². The molecule has 0 bridgehead atoms. The Labute approximate surface area is 169 Å². The Bertz CT molecular complexity index is 1100. The van der Waals surface area contributed by atoms with Crippen LogP contribution in [0.15, 0.2) is 18.3 Å². The SMILES string of the molecule is CC1COCCN1c1cc(C2(S(=O)C=N)CC2)c2c(N)nn(-c3ccn[nH]3)c2n1. The fourth-order valence-corrected chi connectivity index (χ4v) is 5.15. The average Bonchev–Trinajstić information content (AvgIpc) is 3.22. The van der Waals surface area contributed by atoms with E-state index in [1.165, 1.54) is 0 Å². The Hall–Kier alpha value is -2.79. The largest absolute Gasteiger partial charge is 0.382 e. The summed E-state index contributed by atoms with van der Waals surface area (Å²) in [6.07, 6.45) is 3.11. The first-order valence-corrected chi connectivity index (χ1v) is 10.7. The van der Waals surface area contributed by atoms with E-state index in [1.807, 2.05) is 6.07 Å². The number of morpholine rings is 1. The van der Waals surface area contributed by atoms with Crippen LogP contribution in [0.3, 0.4) is 0 Å². The normalized spacial score (nSPS) is 22.0. The van der Waals surface area contributed by atoms with Gasteiger partial charge in [-0.1, -0.05) is 0 Å². The summed E-state index contributed by atoms with van der Waals surface area (Å²) in [7, 11) is -1.43. The molecule has 2 aliphatic rings. The molecule has 2 unspecified atom stereocenters. The quantitative estimate of drug-likeness (QED) is 0.422. The number of nitrogens with two attached hydrogens (primary N) is 1. The Kier molecular flexibility index (Phi) is 4.17. The van der Waals surface area contributed by atoms with E-state index in [4.69, 9.17) is 20.9 Å². The first-order chi connectivity index (χ1) is 14.0. The fourth-order valence-electron chi connectivity index (χ4n) is 4.04. The van der Waals surface area contributed by atoms with E-state index in [0.717, 1.165) is 29.8 Å². The van der Waals surface area contributed by atoms with Gasteiger partial charge in [0.1, 0.15) is 5.82 Å².